The van der Waals surface area contributed by atoms with Gasteiger partial charge in [-0.25, -0.2) is 13.2 Å². The van der Waals surface area contributed by atoms with Gasteiger partial charge in [-0.1, -0.05) is 18.2 Å². The predicted molar refractivity (Wildman–Crippen MR) is 97.6 cm³/mol. The van der Waals surface area contributed by atoms with Gasteiger partial charge in [0.1, 0.15) is 11.6 Å². The molecule has 0 fully saturated rings. The molecule has 0 bridgehead atoms. The number of aryl methyl sites for hydroxylation is 1. The molecule has 0 saturated carbocycles. The second-order valence-electron chi connectivity index (χ2n) is 5.72. The van der Waals surface area contributed by atoms with Crippen LogP contribution in [0.15, 0.2) is 64.3 Å². The summed E-state index contributed by atoms with van der Waals surface area (Å²) >= 11 is 0. The van der Waals surface area contributed by atoms with E-state index in [1.54, 1.807) is 68.6 Å². The third-order valence-electron chi connectivity index (χ3n) is 4.05. The van der Waals surface area contributed by atoms with Crippen molar-refractivity contribution in [1.29, 1.82) is 0 Å². The highest BCUT2D eigenvalue weighted by Crippen LogP contribution is 2.14. The zero-order chi connectivity index (χ0) is 18.7. The zero-order valence-electron chi connectivity index (χ0n) is 14.5. The minimum Gasteiger partial charge on any atom is -0.497 e. The third-order valence-corrected chi connectivity index (χ3v) is 5.76. The quantitative estimate of drug-likeness (QED) is 0.658. The molecule has 0 spiro atoms. The minimum absolute atomic E-state index is 0.0397. The summed E-state index contributed by atoms with van der Waals surface area (Å²) in [6.07, 6.45) is 0. The monoisotopic (exact) mass is 373 g/mol. The molecule has 0 aliphatic carbocycles. The van der Waals surface area contributed by atoms with Crippen molar-refractivity contribution in [2.45, 2.75) is 18.4 Å². The first-order chi connectivity index (χ1) is 12.4. The summed E-state index contributed by atoms with van der Waals surface area (Å²) in [7, 11) is -1.91. The maximum absolute atomic E-state index is 12.6. The molecule has 3 rings (SSSR count). The molecule has 0 atom stereocenters. The van der Waals surface area contributed by atoms with E-state index in [4.69, 9.17) is 4.74 Å². The van der Waals surface area contributed by atoms with E-state index in [9.17, 15) is 13.2 Å². The van der Waals surface area contributed by atoms with E-state index < -0.39 is 9.84 Å². The Morgan fingerprint density at radius 3 is 2.31 bits per heavy atom. The second-order valence-corrected chi connectivity index (χ2v) is 7.83. The number of sulfone groups is 1. The van der Waals surface area contributed by atoms with Gasteiger partial charge in [-0.3, -0.25) is 4.57 Å². The summed E-state index contributed by atoms with van der Waals surface area (Å²) < 4.78 is 32.6. The van der Waals surface area contributed by atoms with Crippen molar-refractivity contribution >= 4 is 9.84 Å². The van der Waals surface area contributed by atoms with Crippen LogP contribution in [0.1, 0.15) is 5.82 Å². The fourth-order valence-electron chi connectivity index (χ4n) is 2.60. The number of benzene rings is 2. The molecule has 0 radical (unpaired) electrons. The first kappa shape index (κ1) is 17.9. The van der Waals surface area contributed by atoms with Crippen molar-refractivity contribution in [1.82, 2.24) is 14.3 Å². The van der Waals surface area contributed by atoms with Gasteiger partial charge in [0, 0.05) is 6.54 Å². The molecule has 3 aromatic rings. The summed E-state index contributed by atoms with van der Waals surface area (Å²) in [5.41, 5.74) is 0.208. The van der Waals surface area contributed by atoms with E-state index in [0.717, 1.165) is 0 Å². The lowest BCUT2D eigenvalue weighted by atomic mass is 10.3. The van der Waals surface area contributed by atoms with Gasteiger partial charge in [-0.2, -0.15) is 9.78 Å². The van der Waals surface area contributed by atoms with Crippen molar-refractivity contribution < 1.29 is 13.2 Å². The van der Waals surface area contributed by atoms with Crippen LogP contribution in [0.5, 0.6) is 5.75 Å². The van der Waals surface area contributed by atoms with Crippen molar-refractivity contribution in [3.63, 3.8) is 0 Å². The maximum Gasteiger partial charge on any atom is 0.350 e. The summed E-state index contributed by atoms with van der Waals surface area (Å²) in [5, 5.41) is 4.24. The molecule has 1 heterocycles. The molecular weight excluding hydrogens is 354 g/mol. The molecule has 0 N–H and O–H groups in total. The first-order valence-electron chi connectivity index (χ1n) is 8.01. The number of hydrogen-bond donors (Lipinski definition) is 0. The highest BCUT2D eigenvalue weighted by Gasteiger charge is 2.17. The Labute approximate surface area is 151 Å². The number of nitrogens with zero attached hydrogens (tertiary/aromatic N) is 3. The number of ether oxygens (including phenoxy) is 1. The van der Waals surface area contributed by atoms with E-state index in [-0.39, 0.29) is 22.9 Å². The van der Waals surface area contributed by atoms with Crippen molar-refractivity contribution in [2.75, 3.05) is 12.9 Å². The van der Waals surface area contributed by atoms with Gasteiger partial charge in [0.05, 0.1) is 23.4 Å². The number of aromatic nitrogens is 3. The molecule has 7 nitrogen and oxygen atoms in total. The summed E-state index contributed by atoms with van der Waals surface area (Å²) in [6.45, 7) is 1.72. The Bertz CT molecular complexity index is 1050. The molecule has 1 aromatic heterocycles. The van der Waals surface area contributed by atoms with Gasteiger partial charge in [0.2, 0.25) is 0 Å². The van der Waals surface area contributed by atoms with Crippen LogP contribution >= 0.6 is 0 Å². The van der Waals surface area contributed by atoms with E-state index in [0.29, 0.717) is 17.3 Å². The van der Waals surface area contributed by atoms with E-state index >= 15 is 0 Å². The molecule has 0 aliphatic rings. The first-order valence-corrected chi connectivity index (χ1v) is 9.66. The largest absolute Gasteiger partial charge is 0.497 e. The highest BCUT2D eigenvalue weighted by molar-refractivity contribution is 7.91. The molecule has 0 amide bonds. The maximum atomic E-state index is 12.6. The zero-order valence-corrected chi connectivity index (χ0v) is 15.3. The molecule has 0 unspecified atom stereocenters. The van der Waals surface area contributed by atoms with Crippen LogP contribution in [-0.2, 0) is 16.4 Å². The SMILES string of the molecule is COc1ccc(-n2nc(C)n(CCS(=O)(=O)c3ccccc3)c2=O)cc1. The Kier molecular flexibility index (Phi) is 4.94. The molecule has 2 aromatic carbocycles. The number of hydrogen-bond acceptors (Lipinski definition) is 5. The standard InChI is InChI=1S/C18H19N3O4S/c1-14-19-21(15-8-10-16(25-2)11-9-15)18(22)20(14)12-13-26(23,24)17-6-4-3-5-7-17/h3-11H,12-13H2,1-2H3. The van der Waals surface area contributed by atoms with Crippen LogP contribution < -0.4 is 10.4 Å². The van der Waals surface area contributed by atoms with E-state index in [1.807, 2.05) is 0 Å². The van der Waals surface area contributed by atoms with Gasteiger partial charge < -0.3 is 4.74 Å². The molecule has 0 aliphatic heterocycles. The van der Waals surface area contributed by atoms with Gasteiger partial charge in [0.15, 0.2) is 9.84 Å². The van der Waals surface area contributed by atoms with E-state index in [2.05, 4.69) is 5.10 Å². The Morgan fingerprint density at radius 2 is 1.69 bits per heavy atom. The average molecular weight is 373 g/mol. The molecular formula is C18H19N3O4S. The van der Waals surface area contributed by atoms with Crippen LogP contribution in [0.3, 0.4) is 0 Å². The molecule has 0 saturated heterocycles. The van der Waals surface area contributed by atoms with Crippen LogP contribution in [0.4, 0.5) is 0 Å². The number of rotatable bonds is 6. The van der Waals surface area contributed by atoms with Gasteiger partial charge in [0.25, 0.3) is 0 Å². The fraction of sp³-hybridized carbons (Fsp3) is 0.222. The van der Waals surface area contributed by atoms with Crippen LogP contribution in [0, 0.1) is 6.92 Å². The number of methoxy groups -OCH3 is 1. The summed E-state index contributed by atoms with van der Waals surface area (Å²) in [6, 6.07) is 15.1. The summed E-state index contributed by atoms with van der Waals surface area (Å²) in [4.78, 5) is 12.9. The van der Waals surface area contributed by atoms with Crippen LogP contribution in [-0.4, -0.2) is 35.6 Å². The van der Waals surface area contributed by atoms with Crippen molar-refractivity contribution in [3.8, 4) is 11.4 Å². The van der Waals surface area contributed by atoms with Gasteiger partial charge in [-0.05, 0) is 43.3 Å². The van der Waals surface area contributed by atoms with Crippen LogP contribution in [0.25, 0.3) is 5.69 Å². The van der Waals surface area contributed by atoms with Crippen LogP contribution in [0.2, 0.25) is 0 Å². The summed E-state index contributed by atoms with van der Waals surface area (Å²) in [5.74, 6) is 0.951. The molecule has 136 valence electrons. The highest BCUT2D eigenvalue weighted by atomic mass is 32.2. The fourth-order valence-corrected chi connectivity index (χ4v) is 3.83. The lowest BCUT2D eigenvalue weighted by molar-refractivity contribution is 0.414. The predicted octanol–water partition coefficient (Wildman–Crippen LogP) is 1.82. The van der Waals surface area contributed by atoms with E-state index in [1.165, 1.54) is 9.25 Å². The van der Waals surface area contributed by atoms with Gasteiger partial charge in [-0.15, -0.1) is 0 Å². The molecule has 26 heavy (non-hydrogen) atoms. The van der Waals surface area contributed by atoms with Gasteiger partial charge >= 0.3 is 5.69 Å². The average Bonchev–Trinajstić information content (AvgIpc) is 2.95. The Hall–Kier alpha value is -2.87. The topological polar surface area (TPSA) is 83.2 Å². The third kappa shape index (κ3) is 3.55. The second kappa shape index (κ2) is 7.17. The lowest BCUT2D eigenvalue weighted by Crippen LogP contribution is -2.27. The normalized spacial score (nSPS) is 11.5. The van der Waals surface area contributed by atoms with Crippen molar-refractivity contribution in [2.24, 2.45) is 0 Å². The van der Waals surface area contributed by atoms with Crippen molar-refractivity contribution in [3.05, 3.63) is 70.9 Å². The minimum atomic E-state index is -3.47. The Morgan fingerprint density at radius 1 is 1.04 bits per heavy atom. The molecule has 8 heteroatoms. The smallest absolute Gasteiger partial charge is 0.350 e. The Balaban J connectivity index is 1.85. The lowest BCUT2D eigenvalue weighted by Gasteiger charge is -2.05.